The Bertz CT molecular complexity index is 1160. The molecule has 4 rings (SSSR count). The van der Waals surface area contributed by atoms with Crippen molar-refractivity contribution in [1.82, 2.24) is 9.21 Å². The number of fused-ring (bicyclic) bond motifs is 1. The van der Waals surface area contributed by atoms with Gasteiger partial charge in [0.1, 0.15) is 12.4 Å². The van der Waals surface area contributed by atoms with Gasteiger partial charge in [-0.1, -0.05) is 18.2 Å². The van der Waals surface area contributed by atoms with Crippen LogP contribution in [-0.2, 0) is 21.2 Å². The molecule has 0 saturated carbocycles. The third kappa shape index (κ3) is 6.06. The van der Waals surface area contributed by atoms with Crippen LogP contribution >= 0.6 is 0 Å². The molecule has 0 radical (unpaired) electrons. The first-order valence-electron chi connectivity index (χ1n) is 11.6. The molecule has 0 N–H and O–H groups in total. The van der Waals surface area contributed by atoms with Crippen molar-refractivity contribution in [3.05, 3.63) is 65.2 Å². The van der Waals surface area contributed by atoms with E-state index in [2.05, 4.69) is 4.90 Å². The van der Waals surface area contributed by atoms with Crippen LogP contribution in [0.2, 0.25) is 0 Å². The standard InChI is InChI=1S/C25H29F3N2O4S/c1-2-33-16-14-29-10-12-30(13-11-29)35(31,32)21-6-3-19(4-7-21)17-20-5-8-24-22(18-20)23(9-15-34-24)25(26,27)28/h3-9,18H,2,10-17H2,1H3. The lowest BCUT2D eigenvalue weighted by Gasteiger charge is -2.33. The van der Waals surface area contributed by atoms with Gasteiger partial charge in [-0.25, -0.2) is 8.42 Å². The zero-order valence-corrected chi connectivity index (χ0v) is 20.4. The van der Waals surface area contributed by atoms with Crippen LogP contribution in [0.1, 0.15) is 23.6 Å². The molecule has 0 bridgehead atoms. The molecule has 35 heavy (non-hydrogen) atoms. The van der Waals surface area contributed by atoms with Crippen molar-refractivity contribution in [3.63, 3.8) is 0 Å². The van der Waals surface area contributed by atoms with E-state index in [1.54, 1.807) is 36.4 Å². The number of hydrogen-bond donors (Lipinski definition) is 0. The molecule has 2 aromatic carbocycles. The smallest absolute Gasteiger partial charge is 0.416 e. The molecule has 1 saturated heterocycles. The summed E-state index contributed by atoms with van der Waals surface area (Å²) in [6.07, 6.45) is -3.04. The topological polar surface area (TPSA) is 59.1 Å². The molecule has 0 aromatic heterocycles. The second kappa shape index (κ2) is 10.7. The number of allylic oxidation sites excluding steroid dienone is 1. The first-order chi connectivity index (χ1) is 16.7. The van der Waals surface area contributed by atoms with Gasteiger partial charge in [0.15, 0.2) is 0 Å². The molecule has 0 atom stereocenters. The van der Waals surface area contributed by atoms with E-state index in [1.807, 2.05) is 6.92 Å². The van der Waals surface area contributed by atoms with Crippen molar-refractivity contribution in [2.75, 3.05) is 52.5 Å². The summed E-state index contributed by atoms with van der Waals surface area (Å²) in [5.41, 5.74) is 0.822. The van der Waals surface area contributed by atoms with Gasteiger partial charge in [0.25, 0.3) is 0 Å². The summed E-state index contributed by atoms with van der Waals surface area (Å²) in [4.78, 5) is 2.40. The van der Waals surface area contributed by atoms with E-state index in [9.17, 15) is 21.6 Å². The highest BCUT2D eigenvalue weighted by Crippen LogP contribution is 2.41. The molecule has 10 heteroatoms. The van der Waals surface area contributed by atoms with Crippen LogP contribution in [0.4, 0.5) is 13.2 Å². The zero-order chi connectivity index (χ0) is 25.1. The highest BCUT2D eigenvalue weighted by Gasteiger charge is 2.37. The van der Waals surface area contributed by atoms with Gasteiger partial charge in [-0.3, -0.25) is 4.90 Å². The van der Waals surface area contributed by atoms with E-state index in [-0.39, 0.29) is 22.8 Å². The van der Waals surface area contributed by atoms with E-state index >= 15 is 0 Å². The van der Waals surface area contributed by atoms with Crippen molar-refractivity contribution in [3.8, 4) is 5.75 Å². The average Bonchev–Trinajstić information content (AvgIpc) is 2.84. The predicted octanol–water partition coefficient (Wildman–Crippen LogP) is 3.96. The Morgan fingerprint density at radius 3 is 2.34 bits per heavy atom. The van der Waals surface area contributed by atoms with Crippen LogP contribution in [0.15, 0.2) is 53.4 Å². The van der Waals surface area contributed by atoms with Gasteiger partial charge in [-0.15, -0.1) is 0 Å². The molecular weight excluding hydrogens is 481 g/mol. The summed E-state index contributed by atoms with van der Waals surface area (Å²) in [6, 6.07) is 11.3. The molecule has 0 amide bonds. The van der Waals surface area contributed by atoms with Gasteiger partial charge in [0.05, 0.1) is 17.1 Å². The van der Waals surface area contributed by atoms with Crippen LogP contribution in [0.5, 0.6) is 5.75 Å². The maximum Gasteiger partial charge on any atom is 0.416 e. The van der Waals surface area contributed by atoms with Crippen LogP contribution in [0.3, 0.4) is 0 Å². The number of ether oxygens (including phenoxy) is 2. The fourth-order valence-electron chi connectivity index (χ4n) is 4.31. The maximum absolute atomic E-state index is 13.4. The van der Waals surface area contributed by atoms with Gasteiger partial charge in [0, 0.05) is 44.9 Å². The molecule has 2 aliphatic heterocycles. The Balaban J connectivity index is 1.41. The monoisotopic (exact) mass is 510 g/mol. The molecule has 0 unspecified atom stereocenters. The van der Waals surface area contributed by atoms with Crippen LogP contribution in [0.25, 0.3) is 5.57 Å². The summed E-state index contributed by atoms with van der Waals surface area (Å²) in [5, 5.41) is 0. The molecule has 0 aliphatic carbocycles. The number of nitrogens with zero attached hydrogens (tertiary/aromatic N) is 2. The second-order valence-corrected chi connectivity index (χ2v) is 10.5. The largest absolute Gasteiger partial charge is 0.489 e. The van der Waals surface area contributed by atoms with Gasteiger partial charge < -0.3 is 9.47 Å². The Kier molecular flexibility index (Phi) is 7.85. The van der Waals surface area contributed by atoms with Crippen molar-refractivity contribution in [2.24, 2.45) is 0 Å². The minimum Gasteiger partial charge on any atom is -0.489 e. The highest BCUT2D eigenvalue weighted by molar-refractivity contribution is 7.89. The maximum atomic E-state index is 13.4. The first-order valence-corrected chi connectivity index (χ1v) is 13.0. The SMILES string of the molecule is CCOCCN1CCN(S(=O)(=O)c2ccc(Cc3ccc4c(c3)C(C(F)(F)F)=CCO4)cc2)CC1. The number of hydrogen-bond acceptors (Lipinski definition) is 5. The van der Waals surface area contributed by atoms with E-state index < -0.39 is 21.8 Å². The third-order valence-electron chi connectivity index (χ3n) is 6.22. The number of benzene rings is 2. The van der Waals surface area contributed by atoms with Gasteiger partial charge >= 0.3 is 6.18 Å². The van der Waals surface area contributed by atoms with E-state index in [0.717, 1.165) is 18.2 Å². The van der Waals surface area contributed by atoms with Gasteiger partial charge in [-0.05, 0) is 54.8 Å². The molecule has 2 aliphatic rings. The van der Waals surface area contributed by atoms with Crippen molar-refractivity contribution >= 4 is 15.6 Å². The normalized spacial score (nSPS) is 17.5. The molecule has 190 valence electrons. The lowest BCUT2D eigenvalue weighted by atomic mass is 9.96. The number of halogens is 3. The van der Waals surface area contributed by atoms with E-state index in [4.69, 9.17) is 9.47 Å². The summed E-state index contributed by atoms with van der Waals surface area (Å²) in [7, 11) is -3.61. The summed E-state index contributed by atoms with van der Waals surface area (Å²) in [5.74, 6) is 0.211. The Labute approximate surface area is 204 Å². The van der Waals surface area contributed by atoms with Crippen molar-refractivity contribution in [2.45, 2.75) is 24.4 Å². The van der Waals surface area contributed by atoms with E-state index in [1.165, 1.54) is 10.4 Å². The quantitative estimate of drug-likeness (QED) is 0.504. The van der Waals surface area contributed by atoms with Gasteiger partial charge in [-0.2, -0.15) is 17.5 Å². The minimum absolute atomic E-state index is 0.0286. The first kappa shape index (κ1) is 25.7. The lowest BCUT2D eigenvalue weighted by Crippen LogP contribution is -2.49. The average molecular weight is 511 g/mol. The molecule has 0 spiro atoms. The van der Waals surface area contributed by atoms with E-state index in [0.29, 0.717) is 51.4 Å². The molecule has 2 aromatic rings. The summed E-state index contributed by atoms with van der Waals surface area (Å²) < 4.78 is 78.5. The Hall–Kier alpha value is -2.40. The zero-order valence-electron chi connectivity index (χ0n) is 19.6. The van der Waals surface area contributed by atoms with Crippen LogP contribution in [-0.4, -0.2) is 76.3 Å². The Morgan fingerprint density at radius 1 is 1.00 bits per heavy atom. The number of rotatable bonds is 8. The Morgan fingerprint density at radius 2 is 1.69 bits per heavy atom. The number of piperazine rings is 1. The summed E-state index contributed by atoms with van der Waals surface area (Å²) in [6.45, 7) is 6.06. The molecule has 2 heterocycles. The molecule has 6 nitrogen and oxygen atoms in total. The fraction of sp³-hybridized carbons (Fsp3) is 0.440. The predicted molar refractivity (Wildman–Crippen MR) is 127 cm³/mol. The van der Waals surface area contributed by atoms with Crippen LogP contribution in [0, 0.1) is 0 Å². The number of sulfonamides is 1. The summed E-state index contributed by atoms with van der Waals surface area (Å²) >= 11 is 0. The van der Waals surface area contributed by atoms with Gasteiger partial charge in [0.2, 0.25) is 10.0 Å². The molecule has 1 fully saturated rings. The van der Waals surface area contributed by atoms with Crippen molar-refractivity contribution < 1.29 is 31.1 Å². The second-order valence-electron chi connectivity index (χ2n) is 8.52. The highest BCUT2D eigenvalue weighted by atomic mass is 32.2. The number of alkyl halides is 3. The van der Waals surface area contributed by atoms with Crippen molar-refractivity contribution in [1.29, 1.82) is 0 Å². The fourth-order valence-corrected chi connectivity index (χ4v) is 5.73. The lowest BCUT2D eigenvalue weighted by molar-refractivity contribution is -0.0697. The molecular formula is C25H29F3N2O4S. The third-order valence-corrected chi connectivity index (χ3v) is 8.14. The minimum atomic E-state index is -4.46. The van der Waals surface area contributed by atoms with Crippen LogP contribution < -0.4 is 4.74 Å².